The summed E-state index contributed by atoms with van der Waals surface area (Å²) in [6.07, 6.45) is 0. The minimum Gasteiger partial charge on any atom is -0.317 e. The van der Waals surface area contributed by atoms with Crippen molar-refractivity contribution < 1.29 is 13.0 Å². The maximum absolute atomic E-state index is 11.1. The molecule has 1 aromatic heterocycles. The van der Waals surface area contributed by atoms with Crippen LogP contribution in [0.5, 0.6) is 0 Å². The molecule has 0 bridgehead atoms. The van der Waals surface area contributed by atoms with Gasteiger partial charge in [-0.05, 0) is 37.3 Å². The first-order valence-corrected chi connectivity index (χ1v) is 10.2. The molecule has 25 heavy (non-hydrogen) atoms. The minimum absolute atomic E-state index is 0.155. The molecule has 3 aromatic rings. The van der Waals surface area contributed by atoms with E-state index in [0.717, 1.165) is 16.1 Å². The summed E-state index contributed by atoms with van der Waals surface area (Å²) >= 11 is 7.78. The molecule has 0 saturated carbocycles. The molecule has 0 amide bonds. The van der Waals surface area contributed by atoms with Gasteiger partial charge >= 0.3 is 0 Å². The molecule has 1 N–H and O–H groups in total. The lowest BCUT2D eigenvalue weighted by Crippen LogP contribution is -2.14. The number of rotatable bonds is 4. The van der Waals surface area contributed by atoms with Crippen LogP contribution in [0.2, 0.25) is 5.02 Å². The SMILES string of the molecule is CCn1c(-c2ccccc2Cl)cs/c1=N\c1ccc(S(=O)(=O)O)cc1. The third-order valence-corrected chi connectivity index (χ3v) is 5.68. The van der Waals surface area contributed by atoms with Crippen LogP contribution in [0.4, 0.5) is 5.69 Å². The normalized spacial score (nSPS) is 12.5. The lowest BCUT2D eigenvalue weighted by Gasteiger charge is -2.07. The Bertz CT molecular complexity index is 1070. The first-order valence-electron chi connectivity index (χ1n) is 7.45. The number of hydrogen-bond donors (Lipinski definition) is 1. The van der Waals surface area contributed by atoms with Gasteiger partial charge in [-0.1, -0.05) is 29.8 Å². The third-order valence-electron chi connectivity index (χ3n) is 3.62. The summed E-state index contributed by atoms with van der Waals surface area (Å²) in [5, 5.41) is 2.67. The number of benzene rings is 2. The highest BCUT2D eigenvalue weighted by atomic mass is 35.5. The fourth-order valence-electron chi connectivity index (χ4n) is 2.41. The second-order valence-corrected chi connectivity index (χ2v) is 7.87. The summed E-state index contributed by atoms with van der Waals surface area (Å²) in [6, 6.07) is 13.4. The lowest BCUT2D eigenvalue weighted by atomic mass is 10.2. The third kappa shape index (κ3) is 3.85. The van der Waals surface area contributed by atoms with E-state index in [0.29, 0.717) is 17.3 Å². The first kappa shape index (κ1) is 17.9. The zero-order valence-electron chi connectivity index (χ0n) is 13.3. The molecule has 0 aliphatic rings. The molecule has 0 aliphatic heterocycles. The molecule has 3 rings (SSSR count). The fourth-order valence-corrected chi connectivity index (χ4v) is 4.11. The predicted octanol–water partition coefficient (Wildman–Crippen LogP) is 4.37. The molecule has 130 valence electrons. The highest BCUT2D eigenvalue weighted by Crippen LogP contribution is 2.28. The van der Waals surface area contributed by atoms with E-state index in [1.54, 1.807) is 12.1 Å². The quantitative estimate of drug-likeness (QED) is 0.668. The van der Waals surface area contributed by atoms with Crippen LogP contribution in [0.3, 0.4) is 0 Å². The molecule has 2 aromatic carbocycles. The molecule has 0 radical (unpaired) electrons. The van der Waals surface area contributed by atoms with E-state index >= 15 is 0 Å². The smallest absolute Gasteiger partial charge is 0.294 e. The van der Waals surface area contributed by atoms with Crippen molar-refractivity contribution in [3.05, 3.63) is 63.7 Å². The Balaban J connectivity index is 2.07. The van der Waals surface area contributed by atoms with Crippen LogP contribution in [0.15, 0.2) is 63.8 Å². The largest absolute Gasteiger partial charge is 0.317 e. The summed E-state index contributed by atoms with van der Waals surface area (Å²) in [6.45, 7) is 2.74. The predicted molar refractivity (Wildman–Crippen MR) is 99.9 cm³/mol. The van der Waals surface area contributed by atoms with Crippen LogP contribution in [-0.4, -0.2) is 17.5 Å². The first-order chi connectivity index (χ1) is 11.9. The number of thiazole rings is 1. The second kappa shape index (κ2) is 7.13. The van der Waals surface area contributed by atoms with Gasteiger partial charge in [0.15, 0.2) is 4.80 Å². The molecule has 1 heterocycles. The maximum atomic E-state index is 11.1. The number of hydrogen-bond acceptors (Lipinski definition) is 4. The molecule has 5 nitrogen and oxygen atoms in total. The van der Waals surface area contributed by atoms with E-state index in [2.05, 4.69) is 4.99 Å². The van der Waals surface area contributed by atoms with Crippen molar-refractivity contribution >= 4 is 38.7 Å². The zero-order valence-corrected chi connectivity index (χ0v) is 15.6. The van der Waals surface area contributed by atoms with Gasteiger partial charge in [0.1, 0.15) is 0 Å². The van der Waals surface area contributed by atoms with Gasteiger partial charge in [-0.3, -0.25) is 4.55 Å². The Kier molecular flexibility index (Phi) is 5.10. The van der Waals surface area contributed by atoms with Crippen LogP contribution >= 0.6 is 22.9 Å². The number of halogens is 1. The van der Waals surface area contributed by atoms with E-state index in [4.69, 9.17) is 16.2 Å². The molecule has 0 spiro atoms. The number of aromatic nitrogens is 1. The molecule has 0 saturated heterocycles. The Morgan fingerprint density at radius 3 is 2.44 bits per heavy atom. The van der Waals surface area contributed by atoms with Crippen molar-refractivity contribution in [1.82, 2.24) is 4.57 Å². The standard InChI is InChI=1S/C17H15ClN2O3S2/c1-2-20-16(14-5-3-4-6-15(14)18)11-24-17(20)19-12-7-9-13(10-8-12)25(21,22)23/h3-11H,2H2,1H3,(H,21,22,23)/b19-17-. The summed E-state index contributed by atoms with van der Waals surface area (Å²) in [7, 11) is -4.20. The van der Waals surface area contributed by atoms with Crippen molar-refractivity contribution in [2.24, 2.45) is 4.99 Å². The van der Waals surface area contributed by atoms with Crippen LogP contribution < -0.4 is 4.80 Å². The van der Waals surface area contributed by atoms with Crippen LogP contribution in [0.1, 0.15) is 6.92 Å². The zero-order chi connectivity index (χ0) is 18.0. The van der Waals surface area contributed by atoms with Gasteiger partial charge in [0.2, 0.25) is 0 Å². The Labute approximate surface area is 154 Å². The van der Waals surface area contributed by atoms with Gasteiger partial charge in [0.25, 0.3) is 10.1 Å². The maximum Gasteiger partial charge on any atom is 0.294 e. The van der Waals surface area contributed by atoms with Crippen LogP contribution in [-0.2, 0) is 16.7 Å². The van der Waals surface area contributed by atoms with Crippen molar-refractivity contribution in [2.45, 2.75) is 18.4 Å². The van der Waals surface area contributed by atoms with E-state index in [1.807, 2.05) is 41.1 Å². The van der Waals surface area contributed by atoms with E-state index < -0.39 is 10.1 Å². The van der Waals surface area contributed by atoms with Gasteiger partial charge in [0.05, 0.1) is 16.3 Å². The molecule has 0 fully saturated rings. The molecule has 8 heteroatoms. The molecular weight excluding hydrogens is 380 g/mol. The van der Waals surface area contributed by atoms with Gasteiger partial charge in [-0.2, -0.15) is 8.42 Å². The average Bonchev–Trinajstić information content (AvgIpc) is 2.97. The number of nitrogens with zero attached hydrogens (tertiary/aromatic N) is 2. The highest BCUT2D eigenvalue weighted by Gasteiger charge is 2.11. The summed E-state index contributed by atoms with van der Waals surface area (Å²) in [5.74, 6) is 0. The highest BCUT2D eigenvalue weighted by molar-refractivity contribution is 7.85. The Hall–Kier alpha value is -1.93. The van der Waals surface area contributed by atoms with Crippen molar-refractivity contribution in [3.8, 4) is 11.3 Å². The van der Waals surface area contributed by atoms with Crippen LogP contribution in [0, 0.1) is 0 Å². The summed E-state index contributed by atoms with van der Waals surface area (Å²) in [5.41, 5.74) is 2.51. The Morgan fingerprint density at radius 2 is 1.84 bits per heavy atom. The van der Waals surface area contributed by atoms with Crippen LogP contribution in [0.25, 0.3) is 11.3 Å². The van der Waals surface area contributed by atoms with E-state index in [1.165, 1.54) is 23.5 Å². The van der Waals surface area contributed by atoms with Crippen molar-refractivity contribution in [3.63, 3.8) is 0 Å². The van der Waals surface area contributed by atoms with Gasteiger partial charge in [-0.25, -0.2) is 4.99 Å². The summed E-state index contributed by atoms with van der Waals surface area (Å²) < 4.78 is 33.3. The van der Waals surface area contributed by atoms with E-state index in [9.17, 15) is 8.42 Å². The van der Waals surface area contributed by atoms with Gasteiger partial charge in [-0.15, -0.1) is 11.3 Å². The lowest BCUT2D eigenvalue weighted by molar-refractivity contribution is 0.483. The van der Waals surface area contributed by atoms with Crippen molar-refractivity contribution in [2.75, 3.05) is 0 Å². The molecule has 0 atom stereocenters. The minimum atomic E-state index is -4.20. The monoisotopic (exact) mass is 394 g/mol. The molecule has 0 unspecified atom stereocenters. The second-order valence-electron chi connectivity index (χ2n) is 5.21. The van der Waals surface area contributed by atoms with Crippen molar-refractivity contribution in [1.29, 1.82) is 0 Å². The van der Waals surface area contributed by atoms with E-state index in [-0.39, 0.29) is 4.90 Å². The topological polar surface area (TPSA) is 71.7 Å². The average molecular weight is 395 g/mol. The van der Waals surface area contributed by atoms with Gasteiger partial charge in [0, 0.05) is 22.5 Å². The Morgan fingerprint density at radius 1 is 1.16 bits per heavy atom. The molecule has 0 aliphatic carbocycles. The fraction of sp³-hybridized carbons (Fsp3) is 0.118. The van der Waals surface area contributed by atoms with Gasteiger partial charge < -0.3 is 4.57 Å². The summed E-state index contributed by atoms with van der Waals surface area (Å²) in [4.78, 5) is 5.19. The molecular formula is C17H15ClN2O3S2.